The summed E-state index contributed by atoms with van der Waals surface area (Å²) in [6.45, 7) is 2.89. The fraction of sp³-hybridized carbons (Fsp3) is 0.267. The first-order valence-electron chi connectivity index (χ1n) is 6.69. The Morgan fingerprint density at radius 2 is 2.10 bits per heavy atom. The van der Waals surface area contributed by atoms with E-state index in [0.717, 1.165) is 23.9 Å². The van der Waals surface area contributed by atoms with Gasteiger partial charge in [-0.05, 0) is 12.5 Å². The molecule has 3 rings (SSSR count). The summed E-state index contributed by atoms with van der Waals surface area (Å²) < 4.78 is 3.53. The van der Waals surface area contributed by atoms with Crippen molar-refractivity contribution >= 4 is 16.7 Å². The van der Waals surface area contributed by atoms with Gasteiger partial charge in [-0.1, -0.05) is 25.1 Å². The third-order valence-electron chi connectivity index (χ3n) is 3.32. The van der Waals surface area contributed by atoms with Crippen LogP contribution < -0.4 is 0 Å². The van der Waals surface area contributed by atoms with E-state index in [1.807, 2.05) is 31.3 Å². The molecule has 20 heavy (non-hydrogen) atoms. The van der Waals surface area contributed by atoms with Gasteiger partial charge in [-0.2, -0.15) is 10.2 Å². The van der Waals surface area contributed by atoms with Crippen LogP contribution in [-0.2, 0) is 13.6 Å². The summed E-state index contributed by atoms with van der Waals surface area (Å²) in [7, 11) is 1.85. The maximum absolute atomic E-state index is 12.6. The number of nitrogens with zero attached hydrogens (tertiary/aromatic N) is 4. The standard InChI is InChI=1S/C15H16N4O/c1-3-8-19-10-11(9-16-19)15(20)14-12-6-4-5-7-13(12)18(2)17-14/h4-7,9-10H,3,8H2,1-2H3. The van der Waals surface area contributed by atoms with Gasteiger partial charge in [-0.15, -0.1) is 0 Å². The summed E-state index contributed by atoms with van der Waals surface area (Å²) in [5, 5.41) is 9.43. The second-order valence-corrected chi connectivity index (χ2v) is 4.81. The van der Waals surface area contributed by atoms with Crippen LogP contribution in [0.2, 0.25) is 0 Å². The molecule has 0 fully saturated rings. The Morgan fingerprint density at radius 3 is 2.90 bits per heavy atom. The van der Waals surface area contributed by atoms with Crippen molar-refractivity contribution < 1.29 is 4.79 Å². The van der Waals surface area contributed by atoms with Crippen LogP contribution in [0.15, 0.2) is 36.7 Å². The molecule has 1 aromatic carbocycles. The van der Waals surface area contributed by atoms with Crippen LogP contribution in [0.25, 0.3) is 10.9 Å². The van der Waals surface area contributed by atoms with Gasteiger partial charge < -0.3 is 0 Å². The van der Waals surface area contributed by atoms with Gasteiger partial charge in [0, 0.05) is 25.2 Å². The molecule has 102 valence electrons. The topological polar surface area (TPSA) is 52.7 Å². The predicted molar refractivity (Wildman–Crippen MR) is 76.7 cm³/mol. The average molecular weight is 268 g/mol. The van der Waals surface area contributed by atoms with E-state index >= 15 is 0 Å². The second-order valence-electron chi connectivity index (χ2n) is 4.81. The molecule has 0 amide bonds. The van der Waals surface area contributed by atoms with Crippen molar-refractivity contribution in [1.29, 1.82) is 0 Å². The Bertz CT molecular complexity index is 769. The molecule has 0 N–H and O–H groups in total. The van der Waals surface area contributed by atoms with E-state index < -0.39 is 0 Å². The summed E-state index contributed by atoms with van der Waals surface area (Å²) in [5.41, 5.74) is 2.03. The maximum atomic E-state index is 12.6. The van der Waals surface area contributed by atoms with Gasteiger partial charge in [0.15, 0.2) is 0 Å². The smallest absolute Gasteiger partial charge is 0.217 e. The van der Waals surface area contributed by atoms with E-state index in [0.29, 0.717) is 11.3 Å². The van der Waals surface area contributed by atoms with Crippen LogP contribution in [0.4, 0.5) is 0 Å². The van der Waals surface area contributed by atoms with E-state index in [2.05, 4.69) is 17.1 Å². The highest BCUT2D eigenvalue weighted by Crippen LogP contribution is 2.20. The molecule has 3 aromatic rings. The molecule has 2 heterocycles. The molecule has 0 aliphatic carbocycles. The molecule has 0 saturated carbocycles. The van der Waals surface area contributed by atoms with Crippen molar-refractivity contribution in [2.75, 3.05) is 0 Å². The Balaban J connectivity index is 2.03. The lowest BCUT2D eigenvalue weighted by atomic mass is 10.1. The summed E-state index contributed by atoms with van der Waals surface area (Å²) in [6.07, 6.45) is 4.39. The van der Waals surface area contributed by atoms with Gasteiger partial charge in [0.1, 0.15) is 5.69 Å². The second kappa shape index (κ2) is 4.92. The van der Waals surface area contributed by atoms with Crippen molar-refractivity contribution in [2.45, 2.75) is 19.9 Å². The molecule has 0 bridgehead atoms. The number of rotatable bonds is 4. The fourth-order valence-electron chi connectivity index (χ4n) is 2.35. The van der Waals surface area contributed by atoms with Gasteiger partial charge in [0.2, 0.25) is 5.78 Å². The van der Waals surface area contributed by atoms with Gasteiger partial charge >= 0.3 is 0 Å². The number of aromatic nitrogens is 4. The summed E-state index contributed by atoms with van der Waals surface area (Å²) in [6, 6.07) is 7.74. The van der Waals surface area contributed by atoms with E-state index in [9.17, 15) is 4.79 Å². The van der Waals surface area contributed by atoms with Crippen LogP contribution in [0.3, 0.4) is 0 Å². The highest BCUT2D eigenvalue weighted by molar-refractivity contribution is 6.14. The number of benzene rings is 1. The predicted octanol–water partition coefficient (Wildman–Crippen LogP) is 2.41. The molecule has 0 aliphatic heterocycles. The lowest BCUT2D eigenvalue weighted by Gasteiger charge is -1.95. The van der Waals surface area contributed by atoms with Crippen LogP contribution in [0.5, 0.6) is 0 Å². The van der Waals surface area contributed by atoms with Crippen LogP contribution >= 0.6 is 0 Å². The highest BCUT2D eigenvalue weighted by atomic mass is 16.1. The molecule has 0 unspecified atom stereocenters. The zero-order chi connectivity index (χ0) is 14.1. The Morgan fingerprint density at radius 1 is 1.30 bits per heavy atom. The Hall–Kier alpha value is -2.43. The normalized spacial score (nSPS) is 11.1. The SMILES string of the molecule is CCCn1cc(C(=O)c2nn(C)c3ccccc23)cn1. The highest BCUT2D eigenvalue weighted by Gasteiger charge is 2.18. The molecular weight excluding hydrogens is 252 g/mol. The van der Waals surface area contributed by atoms with E-state index in [-0.39, 0.29) is 5.78 Å². The zero-order valence-electron chi connectivity index (χ0n) is 11.6. The van der Waals surface area contributed by atoms with Crippen molar-refractivity contribution in [1.82, 2.24) is 19.6 Å². The third-order valence-corrected chi connectivity index (χ3v) is 3.32. The lowest BCUT2D eigenvalue weighted by Crippen LogP contribution is -2.03. The number of ketones is 1. The van der Waals surface area contributed by atoms with E-state index in [1.165, 1.54) is 0 Å². The van der Waals surface area contributed by atoms with Crippen molar-refractivity contribution in [3.8, 4) is 0 Å². The third kappa shape index (κ3) is 2.01. The first-order chi connectivity index (χ1) is 9.70. The van der Waals surface area contributed by atoms with Crippen LogP contribution in [0.1, 0.15) is 29.4 Å². The first-order valence-corrected chi connectivity index (χ1v) is 6.69. The van der Waals surface area contributed by atoms with Crippen molar-refractivity contribution in [3.63, 3.8) is 0 Å². The molecular formula is C15H16N4O. The van der Waals surface area contributed by atoms with Gasteiger partial charge in [0.05, 0.1) is 17.3 Å². The molecule has 0 aliphatic rings. The number of hydrogen-bond acceptors (Lipinski definition) is 3. The quantitative estimate of drug-likeness (QED) is 0.683. The fourth-order valence-corrected chi connectivity index (χ4v) is 2.35. The molecule has 5 nitrogen and oxygen atoms in total. The minimum Gasteiger partial charge on any atom is -0.287 e. The Kier molecular flexibility index (Phi) is 3.10. The number of para-hydroxylation sites is 1. The van der Waals surface area contributed by atoms with Gasteiger partial charge in [-0.3, -0.25) is 14.2 Å². The monoisotopic (exact) mass is 268 g/mol. The van der Waals surface area contributed by atoms with E-state index in [4.69, 9.17) is 0 Å². The van der Waals surface area contributed by atoms with Crippen LogP contribution in [0, 0.1) is 0 Å². The average Bonchev–Trinajstić information content (AvgIpc) is 3.05. The summed E-state index contributed by atoms with van der Waals surface area (Å²) in [4.78, 5) is 12.6. The molecule has 0 saturated heterocycles. The number of carbonyl (C=O) groups is 1. The number of aryl methyl sites for hydroxylation is 2. The first kappa shape index (κ1) is 12.6. The maximum Gasteiger partial charge on any atom is 0.217 e. The molecule has 0 atom stereocenters. The van der Waals surface area contributed by atoms with Crippen molar-refractivity contribution in [3.05, 3.63) is 47.9 Å². The van der Waals surface area contributed by atoms with E-state index in [1.54, 1.807) is 21.8 Å². The minimum atomic E-state index is -0.0795. The molecule has 5 heteroatoms. The summed E-state index contributed by atoms with van der Waals surface area (Å²) >= 11 is 0. The van der Waals surface area contributed by atoms with Crippen molar-refractivity contribution in [2.24, 2.45) is 7.05 Å². The number of hydrogen-bond donors (Lipinski definition) is 0. The van der Waals surface area contributed by atoms with Crippen LogP contribution in [-0.4, -0.2) is 25.3 Å². The minimum absolute atomic E-state index is 0.0795. The summed E-state index contributed by atoms with van der Waals surface area (Å²) in [5.74, 6) is -0.0795. The molecule has 0 spiro atoms. The largest absolute Gasteiger partial charge is 0.287 e. The number of carbonyl (C=O) groups excluding carboxylic acids is 1. The molecule has 0 radical (unpaired) electrons. The molecule has 2 aromatic heterocycles. The van der Waals surface area contributed by atoms with Gasteiger partial charge in [0.25, 0.3) is 0 Å². The zero-order valence-corrected chi connectivity index (χ0v) is 11.6. The Labute approximate surface area is 116 Å². The lowest BCUT2D eigenvalue weighted by molar-refractivity contribution is 0.103. The number of fused-ring (bicyclic) bond motifs is 1. The van der Waals surface area contributed by atoms with Gasteiger partial charge in [-0.25, -0.2) is 0 Å².